The highest BCUT2D eigenvalue weighted by Gasteiger charge is 2.44. The molecule has 3 rings (SSSR count). The van der Waals surface area contributed by atoms with Crippen molar-refractivity contribution in [1.29, 1.82) is 0 Å². The molecule has 2 heterocycles. The zero-order valence-electron chi connectivity index (χ0n) is 11.1. The lowest BCUT2D eigenvalue weighted by molar-refractivity contribution is 0.382. The molecule has 2 aliphatic rings. The first-order chi connectivity index (χ1) is 9.41. The van der Waals surface area contributed by atoms with Crippen molar-refractivity contribution < 1.29 is 8.42 Å². The van der Waals surface area contributed by atoms with E-state index in [9.17, 15) is 8.42 Å². The van der Waals surface area contributed by atoms with Crippen molar-refractivity contribution in [2.24, 2.45) is 5.92 Å². The van der Waals surface area contributed by atoms with Gasteiger partial charge >= 0.3 is 0 Å². The molecular formula is C13H16Br2N2O2S. The van der Waals surface area contributed by atoms with Crippen LogP contribution in [-0.4, -0.2) is 38.4 Å². The van der Waals surface area contributed by atoms with Gasteiger partial charge in [-0.2, -0.15) is 4.31 Å². The van der Waals surface area contributed by atoms with Crippen molar-refractivity contribution in [1.82, 2.24) is 9.62 Å². The summed E-state index contributed by atoms with van der Waals surface area (Å²) in [5.74, 6) is 0.456. The summed E-state index contributed by atoms with van der Waals surface area (Å²) in [4.78, 5) is 0.350. The molecule has 0 aliphatic carbocycles. The third-order valence-electron chi connectivity index (χ3n) is 4.19. The molecule has 0 unspecified atom stereocenters. The molecule has 1 N–H and O–H groups in total. The molecule has 1 aromatic rings. The van der Waals surface area contributed by atoms with Crippen LogP contribution in [0.15, 0.2) is 26.0 Å². The summed E-state index contributed by atoms with van der Waals surface area (Å²) >= 11 is 6.82. The van der Waals surface area contributed by atoms with E-state index in [1.165, 1.54) is 0 Å². The molecule has 4 nitrogen and oxygen atoms in total. The molecule has 2 aliphatic heterocycles. The molecule has 20 heavy (non-hydrogen) atoms. The maximum atomic E-state index is 12.9. The predicted molar refractivity (Wildman–Crippen MR) is 85.2 cm³/mol. The fourth-order valence-electron chi connectivity index (χ4n) is 3.06. The number of halogens is 2. The van der Waals surface area contributed by atoms with Crippen LogP contribution >= 0.6 is 31.9 Å². The third kappa shape index (κ3) is 2.37. The molecule has 0 radical (unpaired) electrons. The maximum absolute atomic E-state index is 12.9. The Morgan fingerprint density at radius 1 is 1.25 bits per heavy atom. The van der Waals surface area contributed by atoms with Crippen LogP contribution in [0.25, 0.3) is 0 Å². The highest BCUT2D eigenvalue weighted by molar-refractivity contribution is 9.11. The van der Waals surface area contributed by atoms with E-state index < -0.39 is 10.0 Å². The van der Waals surface area contributed by atoms with Crippen LogP contribution < -0.4 is 5.32 Å². The molecule has 0 amide bonds. The van der Waals surface area contributed by atoms with Gasteiger partial charge in [0.05, 0.1) is 4.90 Å². The Morgan fingerprint density at radius 2 is 2.00 bits per heavy atom. The number of aryl methyl sites for hydroxylation is 1. The minimum atomic E-state index is -3.45. The van der Waals surface area contributed by atoms with Gasteiger partial charge in [0, 0.05) is 28.1 Å². The van der Waals surface area contributed by atoms with Crippen molar-refractivity contribution in [2.75, 3.05) is 19.6 Å². The second-order valence-corrected chi connectivity index (χ2v) is 8.99. The van der Waals surface area contributed by atoms with E-state index in [0.717, 1.165) is 29.5 Å². The second kappa shape index (κ2) is 5.35. The summed E-state index contributed by atoms with van der Waals surface area (Å²) in [6.45, 7) is 4.25. The van der Waals surface area contributed by atoms with Gasteiger partial charge in [-0.05, 0) is 59.4 Å². The Bertz CT molecular complexity index is 648. The molecule has 2 saturated heterocycles. The molecular weight excluding hydrogens is 408 g/mol. The van der Waals surface area contributed by atoms with Crippen molar-refractivity contribution in [3.05, 3.63) is 26.6 Å². The van der Waals surface area contributed by atoms with Gasteiger partial charge in [0.25, 0.3) is 0 Å². The Morgan fingerprint density at radius 3 is 2.75 bits per heavy atom. The molecule has 7 heteroatoms. The van der Waals surface area contributed by atoms with Gasteiger partial charge in [-0.3, -0.25) is 0 Å². The van der Waals surface area contributed by atoms with E-state index in [4.69, 9.17) is 0 Å². The van der Waals surface area contributed by atoms with Crippen LogP contribution in [0.5, 0.6) is 0 Å². The Kier molecular flexibility index (Phi) is 4.01. The number of rotatable bonds is 2. The zero-order valence-corrected chi connectivity index (χ0v) is 15.1. The zero-order chi connectivity index (χ0) is 14.5. The molecule has 0 aromatic heterocycles. The number of benzene rings is 1. The number of nitrogens with one attached hydrogen (secondary N) is 1. The summed E-state index contributed by atoms with van der Waals surface area (Å²) in [6.07, 6.45) is 0.946. The summed E-state index contributed by atoms with van der Waals surface area (Å²) in [5, 5.41) is 3.29. The number of fused-ring (bicyclic) bond motifs is 1. The minimum Gasteiger partial charge on any atom is -0.315 e. The Labute approximate surface area is 136 Å². The van der Waals surface area contributed by atoms with Crippen LogP contribution in [0, 0.1) is 12.8 Å². The van der Waals surface area contributed by atoms with E-state index in [1.807, 2.05) is 13.0 Å². The lowest BCUT2D eigenvalue weighted by Gasteiger charge is -2.23. The molecule has 0 bridgehead atoms. The van der Waals surface area contributed by atoms with Crippen LogP contribution in [0.1, 0.15) is 12.0 Å². The topological polar surface area (TPSA) is 49.4 Å². The molecule has 2 fully saturated rings. The standard InChI is InChI=1S/C13H16Br2N2O2S/c1-8-4-11(15)13(5-10(8)14)20(18,19)17-3-2-9-6-16-7-12(9)17/h4-5,9,12,16H,2-3,6-7H2,1H3/t9-,12+/m0/s1. The summed E-state index contributed by atoms with van der Waals surface area (Å²) in [6, 6.07) is 3.65. The molecule has 0 saturated carbocycles. The molecule has 1 aromatic carbocycles. The van der Waals surface area contributed by atoms with Crippen LogP contribution in [0.3, 0.4) is 0 Å². The lowest BCUT2D eigenvalue weighted by atomic mass is 10.1. The van der Waals surface area contributed by atoms with Gasteiger partial charge in [-0.25, -0.2) is 8.42 Å². The molecule has 110 valence electrons. The normalized spacial score (nSPS) is 26.9. The maximum Gasteiger partial charge on any atom is 0.244 e. The first-order valence-electron chi connectivity index (χ1n) is 6.59. The number of hydrogen-bond acceptors (Lipinski definition) is 3. The van der Waals surface area contributed by atoms with E-state index in [1.54, 1.807) is 10.4 Å². The summed E-state index contributed by atoms with van der Waals surface area (Å²) < 4.78 is 28.9. The van der Waals surface area contributed by atoms with Crippen LogP contribution in [0.2, 0.25) is 0 Å². The fourth-order valence-corrected chi connectivity index (χ4v) is 6.40. The highest BCUT2D eigenvalue weighted by atomic mass is 79.9. The van der Waals surface area contributed by atoms with Crippen LogP contribution in [-0.2, 0) is 10.0 Å². The summed E-state index contributed by atoms with van der Waals surface area (Å²) in [7, 11) is -3.45. The van der Waals surface area contributed by atoms with Gasteiger partial charge in [0.2, 0.25) is 10.0 Å². The second-order valence-electron chi connectivity index (χ2n) is 5.42. The first-order valence-corrected chi connectivity index (χ1v) is 9.62. The van der Waals surface area contributed by atoms with Gasteiger partial charge in [0.1, 0.15) is 0 Å². The lowest BCUT2D eigenvalue weighted by Crippen LogP contribution is -2.39. The van der Waals surface area contributed by atoms with E-state index in [-0.39, 0.29) is 6.04 Å². The summed E-state index contributed by atoms with van der Waals surface area (Å²) in [5.41, 5.74) is 1.01. The smallest absolute Gasteiger partial charge is 0.244 e. The van der Waals surface area contributed by atoms with Gasteiger partial charge in [0.15, 0.2) is 0 Å². The van der Waals surface area contributed by atoms with Gasteiger partial charge in [-0.1, -0.05) is 15.9 Å². The van der Waals surface area contributed by atoms with E-state index >= 15 is 0 Å². The Hall–Kier alpha value is 0.0500. The van der Waals surface area contributed by atoms with Gasteiger partial charge in [-0.15, -0.1) is 0 Å². The van der Waals surface area contributed by atoms with Crippen molar-refractivity contribution in [3.8, 4) is 0 Å². The fraction of sp³-hybridized carbons (Fsp3) is 0.538. The third-order valence-corrected chi connectivity index (χ3v) is 7.93. The van der Waals surface area contributed by atoms with Crippen molar-refractivity contribution >= 4 is 41.9 Å². The average Bonchev–Trinajstić information content (AvgIpc) is 2.95. The number of nitrogens with zero attached hydrogens (tertiary/aromatic N) is 1. The SMILES string of the molecule is Cc1cc(Br)c(S(=O)(=O)N2CC[C@H]3CNC[C@H]32)cc1Br. The number of hydrogen-bond donors (Lipinski definition) is 1. The van der Waals surface area contributed by atoms with Crippen LogP contribution in [0.4, 0.5) is 0 Å². The first kappa shape index (κ1) is 15.0. The highest BCUT2D eigenvalue weighted by Crippen LogP contribution is 2.36. The largest absolute Gasteiger partial charge is 0.315 e. The molecule has 0 spiro atoms. The van der Waals surface area contributed by atoms with E-state index in [2.05, 4.69) is 37.2 Å². The average molecular weight is 424 g/mol. The Balaban J connectivity index is 2.02. The van der Waals surface area contributed by atoms with Crippen molar-refractivity contribution in [3.63, 3.8) is 0 Å². The van der Waals surface area contributed by atoms with Crippen molar-refractivity contribution in [2.45, 2.75) is 24.3 Å². The van der Waals surface area contributed by atoms with Gasteiger partial charge < -0.3 is 5.32 Å². The number of sulfonamides is 1. The molecule has 2 atom stereocenters. The minimum absolute atomic E-state index is 0.104. The van der Waals surface area contributed by atoms with E-state index in [0.29, 0.717) is 21.8 Å². The quantitative estimate of drug-likeness (QED) is 0.794. The predicted octanol–water partition coefficient (Wildman–Crippen LogP) is 2.50. The monoisotopic (exact) mass is 422 g/mol.